The first-order chi connectivity index (χ1) is 12.6. The van der Waals surface area contributed by atoms with Crippen LogP contribution in [0.3, 0.4) is 0 Å². The molecule has 0 fully saturated rings. The van der Waals surface area contributed by atoms with Gasteiger partial charge in [0.25, 0.3) is 0 Å². The lowest BCUT2D eigenvalue weighted by Crippen LogP contribution is -2.56. The molecule has 0 amide bonds. The molecule has 2 aromatic carbocycles. The monoisotopic (exact) mass is 561 g/mol. The van der Waals surface area contributed by atoms with E-state index in [4.69, 9.17) is 0 Å². The van der Waals surface area contributed by atoms with E-state index in [1.54, 1.807) is 0 Å². The normalized spacial score (nSPS) is 14.3. The van der Waals surface area contributed by atoms with Gasteiger partial charge in [0.1, 0.15) is 11.6 Å². The molecule has 0 heterocycles. The smallest absolute Gasteiger partial charge is 0.486 e. The standard InChI is InChI=1S/C15H4Br2F9OS/c16-6-3-9(17)12(8-5-7(18)1-2-10(8)19)11(4-6)28(27)15(25,26)13(20,21)14(22,23)24/h1-2,4-5H. The van der Waals surface area contributed by atoms with Crippen molar-refractivity contribution < 1.29 is 44.1 Å². The lowest BCUT2D eigenvalue weighted by Gasteiger charge is -2.29. The van der Waals surface area contributed by atoms with E-state index in [0.717, 1.165) is 0 Å². The van der Waals surface area contributed by atoms with Gasteiger partial charge in [-0.15, -0.1) is 8.78 Å². The predicted molar refractivity (Wildman–Crippen MR) is 88.4 cm³/mol. The second-order valence-corrected chi connectivity index (χ2v) is 8.29. The molecule has 0 aliphatic heterocycles. The summed E-state index contributed by atoms with van der Waals surface area (Å²) in [6.45, 7) is 0. The van der Waals surface area contributed by atoms with Gasteiger partial charge in [-0.3, -0.25) is 0 Å². The van der Waals surface area contributed by atoms with Crippen LogP contribution in [0.4, 0.5) is 39.5 Å². The molecule has 1 atom stereocenters. The molecule has 0 N–H and O–H groups in total. The van der Waals surface area contributed by atoms with E-state index in [0.29, 0.717) is 24.3 Å². The van der Waals surface area contributed by atoms with Crippen molar-refractivity contribution in [3.05, 3.63) is 50.9 Å². The number of alkyl halides is 7. The van der Waals surface area contributed by atoms with Gasteiger partial charge in [0.15, 0.2) is 4.90 Å². The first-order valence-corrected chi connectivity index (χ1v) is 9.45. The Kier molecular flexibility index (Phi) is 6.45. The van der Waals surface area contributed by atoms with Gasteiger partial charge in [0.2, 0.25) is 0 Å². The highest BCUT2D eigenvalue weighted by atomic mass is 79.9. The van der Waals surface area contributed by atoms with Crippen LogP contribution in [-0.4, -0.2) is 21.9 Å². The van der Waals surface area contributed by atoms with Gasteiger partial charge < -0.3 is 4.55 Å². The molecule has 1 nitrogen and oxygen atoms in total. The van der Waals surface area contributed by atoms with Crippen molar-refractivity contribution in [1.29, 1.82) is 0 Å². The van der Waals surface area contributed by atoms with E-state index < -0.39 is 60.7 Å². The lowest BCUT2D eigenvalue weighted by atomic mass is 10.0. The van der Waals surface area contributed by atoms with E-state index in [9.17, 15) is 44.1 Å². The molecule has 0 saturated heterocycles. The second kappa shape index (κ2) is 7.73. The third-order valence-electron chi connectivity index (χ3n) is 3.30. The summed E-state index contributed by atoms with van der Waals surface area (Å²) in [5.41, 5.74) is -1.62. The molecule has 0 saturated carbocycles. The predicted octanol–water partition coefficient (Wildman–Crippen LogP) is 6.85. The molecule has 0 aromatic heterocycles. The van der Waals surface area contributed by atoms with Crippen LogP contribution >= 0.6 is 31.9 Å². The highest BCUT2D eigenvalue weighted by molar-refractivity contribution is 9.11. The van der Waals surface area contributed by atoms with E-state index >= 15 is 0 Å². The SMILES string of the molecule is [O-][S+](c1cc(Br)[c]c(Br)c1-c1cc(F)ccc1F)C(F)(F)C(F)(F)C(F)(F)F. The first-order valence-electron chi connectivity index (χ1n) is 6.72. The Balaban J connectivity index is 2.77. The van der Waals surface area contributed by atoms with E-state index in [-0.39, 0.29) is 4.47 Å². The van der Waals surface area contributed by atoms with Crippen molar-refractivity contribution in [2.75, 3.05) is 0 Å². The Hall–Kier alpha value is -0.920. The van der Waals surface area contributed by atoms with Crippen LogP contribution in [0.25, 0.3) is 11.1 Å². The van der Waals surface area contributed by atoms with Crippen LogP contribution in [0.2, 0.25) is 0 Å². The van der Waals surface area contributed by atoms with Gasteiger partial charge in [-0.1, -0.05) is 0 Å². The minimum atomic E-state index is -6.72. The maximum absolute atomic E-state index is 14.1. The third kappa shape index (κ3) is 4.03. The summed E-state index contributed by atoms with van der Waals surface area (Å²) >= 11 is 1.16. The average Bonchev–Trinajstić information content (AvgIpc) is 2.54. The van der Waals surface area contributed by atoms with Crippen LogP contribution in [0.15, 0.2) is 38.1 Å². The molecular formula is C15H4Br2F9OS. The Morgan fingerprint density at radius 3 is 2.04 bits per heavy atom. The molecular weight excluding hydrogens is 559 g/mol. The molecule has 1 radical (unpaired) electrons. The summed E-state index contributed by atoms with van der Waals surface area (Å²) < 4.78 is 131. The molecule has 1 unspecified atom stereocenters. The largest absolute Gasteiger partial charge is 0.606 e. The van der Waals surface area contributed by atoms with Crippen LogP contribution < -0.4 is 0 Å². The lowest BCUT2D eigenvalue weighted by molar-refractivity contribution is -0.332. The molecule has 13 heteroatoms. The first kappa shape index (κ1) is 23.4. The molecule has 28 heavy (non-hydrogen) atoms. The van der Waals surface area contributed by atoms with Crippen molar-refractivity contribution in [2.45, 2.75) is 22.2 Å². The summed E-state index contributed by atoms with van der Waals surface area (Å²) in [6, 6.07) is 4.54. The maximum Gasteiger partial charge on any atom is 0.486 e. The number of hydrogen-bond acceptors (Lipinski definition) is 1. The maximum atomic E-state index is 14.1. The second-order valence-electron chi connectivity index (χ2n) is 5.15. The number of hydrogen-bond donors (Lipinski definition) is 0. The summed E-state index contributed by atoms with van der Waals surface area (Å²) in [4.78, 5) is -1.30. The topological polar surface area (TPSA) is 23.1 Å². The molecule has 0 aliphatic carbocycles. The highest BCUT2D eigenvalue weighted by Crippen LogP contribution is 2.52. The van der Waals surface area contributed by atoms with Crippen molar-refractivity contribution in [2.24, 2.45) is 0 Å². The van der Waals surface area contributed by atoms with Gasteiger partial charge in [-0.05, 0) is 50.1 Å². The van der Waals surface area contributed by atoms with Gasteiger partial charge >= 0.3 is 17.4 Å². The van der Waals surface area contributed by atoms with Crippen molar-refractivity contribution in [3.8, 4) is 11.1 Å². The Bertz CT molecular complexity index is 902. The fourth-order valence-electron chi connectivity index (χ4n) is 2.00. The number of rotatable bonds is 4. The average molecular weight is 563 g/mol. The Labute approximate surface area is 171 Å². The van der Waals surface area contributed by atoms with Gasteiger partial charge in [0.05, 0.1) is 16.7 Å². The molecule has 153 valence electrons. The van der Waals surface area contributed by atoms with E-state index in [1.807, 2.05) is 0 Å². The fraction of sp³-hybridized carbons (Fsp3) is 0.200. The van der Waals surface area contributed by atoms with E-state index in [2.05, 4.69) is 37.9 Å². The van der Waals surface area contributed by atoms with Crippen molar-refractivity contribution in [1.82, 2.24) is 0 Å². The summed E-state index contributed by atoms with van der Waals surface area (Å²) in [5.74, 6) is -8.97. The third-order valence-corrected chi connectivity index (χ3v) is 5.77. The van der Waals surface area contributed by atoms with Crippen LogP contribution in [0.5, 0.6) is 0 Å². The summed E-state index contributed by atoms with van der Waals surface area (Å²) in [6.07, 6.45) is -6.72. The van der Waals surface area contributed by atoms with Crippen molar-refractivity contribution >= 4 is 43.0 Å². The highest BCUT2D eigenvalue weighted by Gasteiger charge is 2.80. The fourth-order valence-corrected chi connectivity index (χ4v) is 4.87. The molecule has 2 aromatic rings. The quantitative estimate of drug-likeness (QED) is 0.295. The molecule has 0 aliphatic rings. The Morgan fingerprint density at radius 2 is 1.50 bits per heavy atom. The molecule has 0 spiro atoms. The zero-order chi connectivity index (χ0) is 21.7. The minimum Gasteiger partial charge on any atom is -0.606 e. The Morgan fingerprint density at radius 1 is 0.929 bits per heavy atom. The van der Waals surface area contributed by atoms with Crippen molar-refractivity contribution in [3.63, 3.8) is 0 Å². The van der Waals surface area contributed by atoms with E-state index in [1.165, 1.54) is 0 Å². The van der Waals surface area contributed by atoms with Gasteiger partial charge in [-0.2, -0.15) is 22.0 Å². The van der Waals surface area contributed by atoms with Crippen LogP contribution in [0, 0.1) is 17.7 Å². The van der Waals surface area contributed by atoms with Gasteiger partial charge in [0, 0.05) is 26.6 Å². The zero-order valence-corrected chi connectivity index (χ0v) is 16.8. The van der Waals surface area contributed by atoms with Crippen LogP contribution in [0.1, 0.15) is 0 Å². The summed E-state index contributed by atoms with van der Waals surface area (Å²) in [5, 5.41) is -6.12. The number of halogens is 11. The minimum absolute atomic E-state index is 0.269. The van der Waals surface area contributed by atoms with Crippen LogP contribution in [-0.2, 0) is 11.2 Å². The summed E-state index contributed by atoms with van der Waals surface area (Å²) in [7, 11) is 0. The zero-order valence-electron chi connectivity index (χ0n) is 12.8. The van der Waals surface area contributed by atoms with Gasteiger partial charge in [-0.25, -0.2) is 8.78 Å². The molecule has 2 rings (SSSR count). The number of benzene rings is 2. The molecule has 0 bridgehead atoms.